The summed E-state index contributed by atoms with van der Waals surface area (Å²) in [5.41, 5.74) is -0.109. The maximum atomic E-state index is 6.04. The molecule has 0 atom stereocenters. The average Bonchev–Trinajstić information content (AvgIpc) is 2.75. The Hall–Kier alpha value is -1.40. The van der Waals surface area contributed by atoms with E-state index in [4.69, 9.17) is 16.3 Å². The van der Waals surface area contributed by atoms with Crippen LogP contribution in [0.4, 0.5) is 5.82 Å². The molecule has 3 rings (SSSR count). The normalized spacial score (nSPS) is 19.4. The monoisotopic (exact) mass is 267 g/mol. The summed E-state index contributed by atoms with van der Waals surface area (Å²) in [5.74, 6) is 1.41. The van der Waals surface area contributed by atoms with Crippen LogP contribution in [0.1, 0.15) is 13.8 Å². The van der Waals surface area contributed by atoms with Crippen molar-refractivity contribution in [2.24, 2.45) is 0 Å². The second kappa shape index (κ2) is 4.07. The van der Waals surface area contributed by atoms with Gasteiger partial charge in [-0.05, 0) is 13.8 Å². The fourth-order valence-electron chi connectivity index (χ4n) is 2.24. The highest BCUT2D eigenvalue weighted by Gasteiger charge is 2.32. The molecule has 0 N–H and O–H groups in total. The largest absolute Gasteiger partial charge is 0.377 e. The maximum Gasteiger partial charge on any atom is 0.255 e. The molecule has 7 heteroatoms. The van der Waals surface area contributed by atoms with Gasteiger partial charge in [-0.25, -0.2) is 0 Å². The molecular formula is C11H14ClN5O. The summed E-state index contributed by atoms with van der Waals surface area (Å²) in [6.07, 6.45) is 1.48. The van der Waals surface area contributed by atoms with Crippen molar-refractivity contribution in [2.45, 2.75) is 19.4 Å². The molecular weight excluding hydrogens is 254 g/mol. The van der Waals surface area contributed by atoms with Crippen LogP contribution in [0.15, 0.2) is 12.4 Å². The zero-order valence-electron chi connectivity index (χ0n) is 10.3. The van der Waals surface area contributed by atoms with Gasteiger partial charge in [0, 0.05) is 12.6 Å². The summed E-state index contributed by atoms with van der Waals surface area (Å²) >= 11 is 6.04. The number of rotatable bonds is 1. The topological polar surface area (TPSA) is 55.5 Å². The Morgan fingerprint density at radius 2 is 2.28 bits per heavy atom. The molecule has 18 heavy (non-hydrogen) atoms. The van der Waals surface area contributed by atoms with Gasteiger partial charge in [0.25, 0.3) is 5.78 Å². The van der Waals surface area contributed by atoms with E-state index in [-0.39, 0.29) is 5.54 Å². The van der Waals surface area contributed by atoms with Crippen molar-refractivity contribution in [2.75, 3.05) is 24.7 Å². The minimum atomic E-state index is -0.109. The molecule has 0 amide bonds. The molecule has 1 fully saturated rings. The van der Waals surface area contributed by atoms with Crippen LogP contribution < -0.4 is 4.90 Å². The molecule has 1 aliphatic heterocycles. The van der Waals surface area contributed by atoms with Crippen LogP contribution in [0.3, 0.4) is 0 Å². The lowest BCUT2D eigenvalue weighted by Gasteiger charge is -2.43. The lowest BCUT2D eigenvalue weighted by Crippen LogP contribution is -2.53. The summed E-state index contributed by atoms with van der Waals surface area (Å²) in [7, 11) is 0. The molecule has 1 saturated heterocycles. The van der Waals surface area contributed by atoms with E-state index in [0.29, 0.717) is 24.1 Å². The third-order valence-corrected chi connectivity index (χ3v) is 3.32. The summed E-state index contributed by atoms with van der Waals surface area (Å²) in [4.78, 5) is 10.4. The molecule has 3 heterocycles. The van der Waals surface area contributed by atoms with E-state index in [9.17, 15) is 0 Å². The minimum Gasteiger partial charge on any atom is -0.377 e. The first-order valence-electron chi connectivity index (χ1n) is 5.80. The van der Waals surface area contributed by atoms with Crippen molar-refractivity contribution in [3.05, 3.63) is 17.5 Å². The standard InChI is InChI=1S/C11H14ClN5O/c1-11(2)6-18-4-3-16(11)9-5-8(12)15-10-13-7-14-17(9)10/h5,7H,3-4,6H2,1-2H3. The number of anilines is 1. The molecule has 0 aliphatic carbocycles. The van der Waals surface area contributed by atoms with E-state index in [0.717, 1.165) is 12.4 Å². The van der Waals surface area contributed by atoms with Gasteiger partial charge in [0.1, 0.15) is 17.3 Å². The summed E-state index contributed by atoms with van der Waals surface area (Å²) < 4.78 is 7.23. The Labute approximate surface area is 110 Å². The van der Waals surface area contributed by atoms with E-state index >= 15 is 0 Å². The number of hydrogen-bond donors (Lipinski definition) is 0. The Morgan fingerprint density at radius 3 is 3.06 bits per heavy atom. The van der Waals surface area contributed by atoms with Crippen LogP contribution in [0.25, 0.3) is 5.78 Å². The molecule has 0 aromatic carbocycles. The molecule has 0 saturated carbocycles. The lowest BCUT2D eigenvalue weighted by molar-refractivity contribution is 0.0636. The number of morpholine rings is 1. The Morgan fingerprint density at radius 1 is 1.44 bits per heavy atom. The van der Waals surface area contributed by atoms with Gasteiger partial charge in [-0.1, -0.05) is 11.6 Å². The number of aromatic nitrogens is 4. The number of hydrogen-bond acceptors (Lipinski definition) is 5. The average molecular weight is 268 g/mol. The van der Waals surface area contributed by atoms with Gasteiger partial charge < -0.3 is 9.64 Å². The second-order valence-electron chi connectivity index (χ2n) is 4.93. The van der Waals surface area contributed by atoms with Gasteiger partial charge >= 0.3 is 0 Å². The molecule has 0 spiro atoms. The van der Waals surface area contributed by atoms with Crippen molar-refractivity contribution in [1.29, 1.82) is 0 Å². The molecule has 2 aromatic heterocycles. The number of nitrogens with zero attached hydrogens (tertiary/aromatic N) is 5. The van der Waals surface area contributed by atoms with Gasteiger partial charge in [0.15, 0.2) is 0 Å². The van der Waals surface area contributed by atoms with Crippen LogP contribution in [0.5, 0.6) is 0 Å². The zero-order valence-corrected chi connectivity index (χ0v) is 11.1. The van der Waals surface area contributed by atoms with Gasteiger partial charge in [-0.15, -0.1) is 0 Å². The fourth-order valence-corrected chi connectivity index (χ4v) is 2.42. The Kier molecular flexibility index (Phi) is 2.64. The summed E-state index contributed by atoms with van der Waals surface area (Å²) in [6.45, 7) is 6.41. The Balaban J connectivity index is 2.15. The van der Waals surface area contributed by atoms with E-state index in [1.54, 1.807) is 4.52 Å². The summed E-state index contributed by atoms with van der Waals surface area (Å²) in [5, 5.41) is 4.63. The van der Waals surface area contributed by atoms with Crippen molar-refractivity contribution < 1.29 is 4.74 Å². The maximum absolute atomic E-state index is 6.04. The number of halogens is 1. The van der Waals surface area contributed by atoms with E-state index in [1.807, 2.05) is 6.07 Å². The van der Waals surface area contributed by atoms with E-state index in [1.165, 1.54) is 6.33 Å². The highest BCUT2D eigenvalue weighted by atomic mass is 35.5. The highest BCUT2D eigenvalue weighted by Crippen LogP contribution is 2.28. The lowest BCUT2D eigenvalue weighted by atomic mass is 10.0. The van der Waals surface area contributed by atoms with Crippen molar-refractivity contribution in [3.63, 3.8) is 0 Å². The quantitative estimate of drug-likeness (QED) is 0.731. The van der Waals surface area contributed by atoms with Gasteiger partial charge in [-0.2, -0.15) is 19.6 Å². The summed E-state index contributed by atoms with van der Waals surface area (Å²) in [6, 6.07) is 1.82. The molecule has 0 bridgehead atoms. The van der Waals surface area contributed by atoms with Crippen LogP contribution in [0, 0.1) is 0 Å². The van der Waals surface area contributed by atoms with Crippen molar-refractivity contribution >= 4 is 23.2 Å². The zero-order chi connectivity index (χ0) is 12.8. The fraction of sp³-hybridized carbons (Fsp3) is 0.545. The third kappa shape index (κ3) is 1.81. The smallest absolute Gasteiger partial charge is 0.255 e. The van der Waals surface area contributed by atoms with Gasteiger partial charge in [0.05, 0.1) is 18.8 Å². The number of fused-ring (bicyclic) bond motifs is 1. The highest BCUT2D eigenvalue weighted by molar-refractivity contribution is 6.29. The van der Waals surface area contributed by atoms with Crippen LogP contribution in [-0.2, 0) is 4.74 Å². The predicted molar refractivity (Wildman–Crippen MR) is 68.0 cm³/mol. The van der Waals surface area contributed by atoms with Crippen molar-refractivity contribution in [3.8, 4) is 0 Å². The molecule has 0 radical (unpaired) electrons. The molecule has 96 valence electrons. The van der Waals surface area contributed by atoms with Gasteiger partial charge in [0.2, 0.25) is 0 Å². The minimum absolute atomic E-state index is 0.109. The first-order valence-corrected chi connectivity index (χ1v) is 6.17. The van der Waals surface area contributed by atoms with Crippen molar-refractivity contribution in [1.82, 2.24) is 19.6 Å². The second-order valence-corrected chi connectivity index (χ2v) is 5.31. The molecule has 0 unspecified atom stereocenters. The number of ether oxygens (including phenoxy) is 1. The van der Waals surface area contributed by atoms with Gasteiger partial charge in [-0.3, -0.25) is 0 Å². The molecule has 6 nitrogen and oxygen atoms in total. The third-order valence-electron chi connectivity index (χ3n) is 3.12. The first-order chi connectivity index (χ1) is 8.58. The first kappa shape index (κ1) is 11.7. The van der Waals surface area contributed by atoms with E-state index in [2.05, 4.69) is 33.8 Å². The molecule has 2 aromatic rings. The van der Waals surface area contributed by atoms with Crippen LogP contribution in [0.2, 0.25) is 5.15 Å². The predicted octanol–water partition coefficient (Wildman–Crippen LogP) is 1.39. The van der Waals surface area contributed by atoms with E-state index < -0.39 is 0 Å². The van der Waals surface area contributed by atoms with Crippen LogP contribution >= 0.6 is 11.6 Å². The van der Waals surface area contributed by atoms with Crippen LogP contribution in [-0.4, -0.2) is 44.9 Å². The SMILES string of the molecule is CC1(C)COCCN1c1cc(Cl)nc2ncnn12. The molecule has 1 aliphatic rings. The Bertz CT molecular complexity index is 582.